The molecule has 150 valence electrons. The van der Waals surface area contributed by atoms with E-state index in [9.17, 15) is 10.1 Å². The Bertz CT molecular complexity index is 1330. The number of nitrogens with zero attached hydrogens (tertiary/aromatic N) is 4. The molecule has 0 aliphatic rings. The number of hydrogen-bond donors (Lipinski definition) is 0. The highest BCUT2D eigenvalue weighted by Gasteiger charge is 2.12. The average molecular weight is 437 g/mol. The molecule has 0 aliphatic carbocycles. The zero-order valence-corrected chi connectivity index (χ0v) is 17.6. The number of benzene rings is 3. The molecule has 0 N–H and O–H groups in total. The van der Waals surface area contributed by atoms with Crippen LogP contribution in [0.3, 0.4) is 0 Å². The van der Waals surface area contributed by atoms with E-state index in [-0.39, 0.29) is 10.7 Å². The van der Waals surface area contributed by atoms with E-state index in [1.807, 2.05) is 18.2 Å². The van der Waals surface area contributed by atoms with E-state index in [4.69, 9.17) is 11.6 Å². The number of rotatable bonds is 5. The first-order valence-electron chi connectivity index (χ1n) is 9.16. The lowest BCUT2D eigenvalue weighted by atomic mass is 10.2. The molecule has 0 spiro atoms. The van der Waals surface area contributed by atoms with Gasteiger partial charge in [-0.3, -0.25) is 10.1 Å². The summed E-state index contributed by atoms with van der Waals surface area (Å²) in [5, 5.41) is 19.8. The molecule has 4 aromatic rings. The summed E-state index contributed by atoms with van der Waals surface area (Å²) in [6.07, 6.45) is 1.49. The zero-order valence-electron chi connectivity index (χ0n) is 16.0. The molecule has 0 bridgehead atoms. The normalized spacial score (nSPS) is 12.1. The largest absolute Gasteiger partial charge is 0.311 e. The molecule has 0 atom stereocenters. The van der Waals surface area contributed by atoms with Crippen LogP contribution in [0.5, 0.6) is 0 Å². The van der Waals surface area contributed by atoms with Gasteiger partial charge in [0.25, 0.3) is 5.69 Å². The predicted molar refractivity (Wildman–Crippen MR) is 121 cm³/mol. The van der Waals surface area contributed by atoms with Crippen LogP contribution in [0.25, 0.3) is 10.2 Å². The smallest absolute Gasteiger partial charge is 0.288 e. The molecule has 0 amide bonds. The molecule has 3 aromatic carbocycles. The average Bonchev–Trinajstić information content (AvgIpc) is 3.06. The summed E-state index contributed by atoms with van der Waals surface area (Å²) in [7, 11) is 0. The summed E-state index contributed by atoms with van der Waals surface area (Å²) in [4.78, 5) is 11.3. The maximum Gasteiger partial charge on any atom is 0.288 e. The van der Waals surface area contributed by atoms with Gasteiger partial charge in [-0.05, 0) is 36.2 Å². The maximum atomic E-state index is 11.1. The standard InChI is InChI=1S/C22H17ClN4O2S/c1-15-7-10-19-21(11-15)30-22(26(19)14-16-5-3-2-4-6-16)25-24-13-17-8-9-18(23)20(12-17)27(28)29/h2-13H,14H2,1H3/b24-13+,25-22+. The number of hydrogen-bond acceptors (Lipinski definition) is 5. The van der Waals surface area contributed by atoms with Crippen LogP contribution in [0, 0.1) is 17.0 Å². The van der Waals surface area contributed by atoms with E-state index in [0.717, 1.165) is 20.6 Å². The Balaban J connectivity index is 1.75. The van der Waals surface area contributed by atoms with Crippen LogP contribution in [0.4, 0.5) is 5.69 Å². The molecule has 0 radical (unpaired) electrons. The van der Waals surface area contributed by atoms with Gasteiger partial charge in [-0.2, -0.15) is 5.10 Å². The monoisotopic (exact) mass is 436 g/mol. The quantitative estimate of drug-likeness (QED) is 0.233. The first-order valence-corrected chi connectivity index (χ1v) is 10.4. The van der Waals surface area contributed by atoms with Crippen LogP contribution in [0.15, 0.2) is 76.9 Å². The molecule has 6 nitrogen and oxygen atoms in total. The van der Waals surface area contributed by atoms with Crippen molar-refractivity contribution in [1.29, 1.82) is 0 Å². The van der Waals surface area contributed by atoms with Gasteiger partial charge in [-0.1, -0.05) is 65.4 Å². The zero-order chi connectivity index (χ0) is 21.1. The second-order valence-corrected chi connectivity index (χ2v) is 8.16. The lowest BCUT2D eigenvalue weighted by Crippen LogP contribution is -2.15. The lowest BCUT2D eigenvalue weighted by Gasteiger charge is -2.05. The Morgan fingerprint density at radius 1 is 1.13 bits per heavy atom. The molecule has 8 heteroatoms. The highest BCUT2D eigenvalue weighted by Crippen LogP contribution is 2.24. The molecular formula is C22H17ClN4O2S. The fourth-order valence-electron chi connectivity index (χ4n) is 3.07. The third-order valence-electron chi connectivity index (χ3n) is 4.54. The lowest BCUT2D eigenvalue weighted by molar-refractivity contribution is -0.384. The van der Waals surface area contributed by atoms with Gasteiger partial charge in [0.2, 0.25) is 4.80 Å². The summed E-state index contributed by atoms with van der Waals surface area (Å²) in [5.41, 5.74) is 3.83. The number of thiazole rings is 1. The summed E-state index contributed by atoms with van der Waals surface area (Å²) in [6, 6.07) is 21.0. The number of nitro benzene ring substituents is 1. The Labute approximate surface area is 181 Å². The highest BCUT2D eigenvalue weighted by molar-refractivity contribution is 7.16. The Morgan fingerprint density at radius 3 is 2.70 bits per heavy atom. The van der Waals surface area contributed by atoms with Gasteiger partial charge in [0.05, 0.1) is 27.9 Å². The van der Waals surface area contributed by atoms with Gasteiger partial charge in [0.15, 0.2) is 0 Å². The predicted octanol–water partition coefficient (Wildman–Crippen LogP) is 5.56. The molecule has 1 aromatic heterocycles. The van der Waals surface area contributed by atoms with Crippen molar-refractivity contribution < 1.29 is 4.92 Å². The summed E-state index contributed by atoms with van der Waals surface area (Å²) in [5.74, 6) is 0. The molecule has 0 unspecified atom stereocenters. The first-order chi connectivity index (χ1) is 14.5. The van der Waals surface area contributed by atoms with Crippen molar-refractivity contribution in [2.45, 2.75) is 13.5 Å². The van der Waals surface area contributed by atoms with Crippen molar-refractivity contribution in [3.05, 3.63) is 103 Å². The maximum absolute atomic E-state index is 11.1. The highest BCUT2D eigenvalue weighted by atomic mass is 35.5. The van der Waals surface area contributed by atoms with E-state index in [0.29, 0.717) is 12.1 Å². The Hall–Kier alpha value is -3.29. The third-order valence-corrected chi connectivity index (χ3v) is 5.89. The second kappa shape index (κ2) is 8.61. The molecule has 0 aliphatic heterocycles. The molecule has 4 rings (SSSR count). The first kappa shape index (κ1) is 20.0. The number of aryl methyl sites for hydroxylation is 1. The van der Waals surface area contributed by atoms with Crippen LogP contribution in [0.2, 0.25) is 5.02 Å². The number of nitro groups is 1. The van der Waals surface area contributed by atoms with Crippen LogP contribution >= 0.6 is 22.9 Å². The minimum Gasteiger partial charge on any atom is -0.311 e. The number of aromatic nitrogens is 1. The van der Waals surface area contributed by atoms with Crippen molar-refractivity contribution in [2.75, 3.05) is 0 Å². The molecule has 30 heavy (non-hydrogen) atoms. The summed E-state index contributed by atoms with van der Waals surface area (Å²) >= 11 is 7.42. The van der Waals surface area contributed by atoms with Gasteiger partial charge < -0.3 is 4.57 Å². The molecule has 0 saturated carbocycles. The number of fused-ring (bicyclic) bond motifs is 1. The molecular weight excluding hydrogens is 420 g/mol. The van der Waals surface area contributed by atoms with Gasteiger partial charge in [0, 0.05) is 11.6 Å². The van der Waals surface area contributed by atoms with Crippen molar-refractivity contribution in [1.82, 2.24) is 4.57 Å². The Morgan fingerprint density at radius 2 is 1.93 bits per heavy atom. The SMILES string of the molecule is Cc1ccc2c(c1)s/c(=N/N=C/c1ccc(Cl)c([N+](=O)[O-])c1)n2Cc1ccccc1. The van der Waals surface area contributed by atoms with Crippen molar-refractivity contribution in [3.63, 3.8) is 0 Å². The van der Waals surface area contributed by atoms with Crippen molar-refractivity contribution in [3.8, 4) is 0 Å². The van der Waals surface area contributed by atoms with Crippen LogP contribution in [-0.2, 0) is 6.54 Å². The number of halogens is 1. The minimum absolute atomic E-state index is 0.0923. The topological polar surface area (TPSA) is 72.8 Å². The third kappa shape index (κ3) is 4.32. The second-order valence-electron chi connectivity index (χ2n) is 6.74. The van der Waals surface area contributed by atoms with Crippen LogP contribution in [0.1, 0.15) is 16.7 Å². The van der Waals surface area contributed by atoms with Gasteiger partial charge >= 0.3 is 0 Å². The summed E-state index contributed by atoms with van der Waals surface area (Å²) < 4.78 is 3.25. The Kier molecular flexibility index (Phi) is 5.74. The van der Waals surface area contributed by atoms with Gasteiger partial charge in [-0.25, -0.2) is 0 Å². The van der Waals surface area contributed by atoms with Crippen molar-refractivity contribution in [2.24, 2.45) is 10.2 Å². The van der Waals surface area contributed by atoms with E-state index < -0.39 is 4.92 Å². The van der Waals surface area contributed by atoms with E-state index >= 15 is 0 Å². The molecule has 0 fully saturated rings. The van der Waals surface area contributed by atoms with E-state index in [1.54, 1.807) is 17.4 Å². The fraction of sp³-hybridized carbons (Fsp3) is 0.0909. The summed E-state index contributed by atoms with van der Waals surface area (Å²) in [6.45, 7) is 2.73. The van der Waals surface area contributed by atoms with Gasteiger partial charge in [0.1, 0.15) is 5.02 Å². The molecule has 1 heterocycles. The van der Waals surface area contributed by atoms with E-state index in [2.05, 4.69) is 52.0 Å². The minimum atomic E-state index is -0.515. The van der Waals surface area contributed by atoms with E-state index in [1.165, 1.54) is 23.9 Å². The van der Waals surface area contributed by atoms with Crippen LogP contribution < -0.4 is 4.80 Å². The molecule has 0 saturated heterocycles. The fourth-order valence-corrected chi connectivity index (χ4v) is 4.34. The van der Waals surface area contributed by atoms with Crippen molar-refractivity contribution >= 4 is 45.1 Å². The van der Waals surface area contributed by atoms with Gasteiger partial charge in [-0.15, -0.1) is 5.10 Å². The van der Waals surface area contributed by atoms with Crippen LogP contribution in [-0.4, -0.2) is 15.7 Å².